The van der Waals surface area contributed by atoms with Gasteiger partial charge in [0, 0.05) is 78.1 Å². The minimum Gasteiger partial charge on any atom is -0.374 e. The van der Waals surface area contributed by atoms with E-state index in [9.17, 15) is 18.5 Å². The normalized spacial score (nSPS) is 14.0. The van der Waals surface area contributed by atoms with Crippen molar-refractivity contribution in [1.82, 2.24) is 14.7 Å². The fourth-order valence-electron chi connectivity index (χ4n) is 7.00. The molecule has 7 rings (SSSR count). The number of aryl methyl sites for hydroxylation is 1. The molecule has 284 valence electrons. The van der Waals surface area contributed by atoms with Gasteiger partial charge in [-0.25, -0.2) is 8.42 Å². The molecule has 13 heteroatoms. The van der Waals surface area contributed by atoms with Crippen molar-refractivity contribution >= 4 is 61.2 Å². The smallest absolute Gasteiger partial charge is 0.293 e. The number of hydrogen-bond donors (Lipinski definition) is 1. The number of hydrogen-bond acceptors (Lipinski definition) is 9. The number of nitro groups is 1. The Morgan fingerprint density at radius 1 is 0.891 bits per heavy atom. The maximum Gasteiger partial charge on any atom is 0.293 e. The van der Waals surface area contributed by atoms with Crippen molar-refractivity contribution < 1.29 is 13.3 Å². The molecular weight excluding hydrogens is 752 g/mol. The van der Waals surface area contributed by atoms with Gasteiger partial charge in [0.15, 0.2) is 9.84 Å². The van der Waals surface area contributed by atoms with Gasteiger partial charge < -0.3 is 10.2 Å². The Morgan fingerprint density at radius 2 is 1.60 bits per heavy atom. The van der Waals surface area contributed by atoms with Crippen molar-refractivity contribution in [3.8, 4) is 11.1 Å². The molecule has 10 nitrogen and oxygen atoms in total. The molecule has 55 heavy (non-hydrogen) atoms. The van der Waals surface area contributed by atoms with Crippen molar-refractivity contribution in [1.29, 1.82) is 0 Å². The summed E-state index contributed by atoms with van der Waals surface area (Å²) in [6, 6.07) is 36.5. The minimum atomic E-state index is -3.97. The number of rotatable bonds is 13. The number of nitrogens with zero attached hydrogens (tertiary/aromatic N) is 5. The number of thioether (sulfide) groups is 1. The summed E-state index contributed by atoms with van der Waals surface area (Å²) in [5.74, 6) is 0.253. The van der Waals surface area contributed by atoms with Crippen LogP contribution in [0.25, 0.3) is 22.0 Å². The molecule has 0 bridgehead atoms. The van der Waals surface area contributed by atoms with Gasteiger partial charge in [-0.15, -0.1) is 11.8 Å². The second-order valence-corrected chi connectivity index (χ2v) is 18.0. The molecule has 0 atom stereocenters. The molecule has 1 aromatic heterocycles. The predicted molar refractivity (Wildman–Crippen MR) is 224 cm³/mol. The van der Waals surface area contributed by atoms with Gasteiger partial charge >= 0.3 is 0 Å². The molecule has 1 saturated heterocycles. The lowest BCUT2D eigenvalue weighted by atomic mass is 9.99. The molecule has 0 saturated carbocycles. The zero-order valence-electron chi connectivity index (χ0n) is 31.0. The largest absolute Gasteiger partial charge is 0.374 e. The molecule has 2 heterocycles. The van der Waals surface area contributed by atoms with E-state index >= 15 is 0 Å². The maximum atomic E-state index is 13.8. The topological polar surface area (TPSA) is 114 Å². The Balaban J connectivity index is 1.02. The molecule has 0 radical (unpaired) electrons. The Hall–Kier alpha value is -4.88. The highest BCUT2D eigenvalue weighted by Gasteiger charge is 2.28. The summed E-state index contributed by atoms with van der Waals surface area (Å²) in [4.78, 5) is 17.4. The maximum absolute atomic E-state index is 13.8. The highest BCUT2D eigenvalue weighted by molar-refractivity contribution is 7.99. The zero-order chi connectivity index (χ0) is 38.7. The van der Waals surface area contributed by atoms with Crippen LogP contribution in [-0.4, -0.2) is 65.5 Å². The fourth-order valence-corrected chi connectivity index (χ4v) is 9.39. The average Bonchev–Trinajstić information content (AvgIpc) is 3.48. The number of nitro benzene ring substituents is 1. The van der Waals surface area contributed by atoms with Crippen molar-refractivity contribution in [3.63, 3.8) is 0 Å². The van der Waals surface area contributed by atoms with Gasteiger partial charge in [-0.05, 0) is 85.1 Å². The van der Waals surface area contributed by atoms with E-state index < -0.39 is 20.3 Å². The average molecular weight is 795 g/mol. The monoisotopic (exact) mass is 794 g/mol. The van der Waals surface area contributed by atoms with Crippen LogP contribution in [0.2, 0.25) is 5.02 Å². The van der Waals surface area contributed by atoms with Gasteiger partial charge in [0.25, 0.3) is 5.69 Å². The van der Waals surface area contributed by atoms with Crippen LogP contribution in [0.15, 0.2) is 125 Å². The fraction of sp³-hybridized carbons (Fsp3) is 0.262. The number of aromatic nitrogens is 2. The van der Waals surface area contributed by atoms with E-state index in [2.05, 4.69) is 62.7 Å². The summed E-state index contributed by atoms with van der Waals surface area (Å²) < 4.78 is 29.2. The summed E-state index contributed by atoms with van der Waals surface area (Å²) >= 11 is 7.77. The Labute approximate surface area is 331 Å². The van der Waals surface area contributed by atoms with E-state index in [0.717, 1.165) is 70.9 Å². The highest BCUT2D eigenvalue weighted by Crippen LogP contribution is 2.34. The molecule has 6 aromatic rings. The number of piperazine rings is 1. The number of sulfone groups is 1. The van der Waals surface area contributed by atoms with E-state index in [4.69, 9.17) is 11.6 Å². The highest BCUT2D eigenvalue weighted by atomic mass is 35.5. The molecule has 0 amide bonds. The molecular formula is C42H43ClN6O4S2. The quantitative estimate of drug-likeness (QED) is 0.0695. The first-order chi connectivity index (χ1) is 26.3. The van der Waals surface area contributed by atoms with Gasteiger partial charge in [0.05, 0.1) is 26.8 Å². The second kappa shape index (κ2) is 16.1. The number of fused-ring (bicyclic) bond motifs is 1. The summed E-state index contributed by atoms with van der Waals surface area (Å²) in [6.07, 6.45) is 0. The first-order valence-corrected chi connectivity index (χ1v) is 21.1. The van der Waals surface area contributed by atoms with Gasteiger partial charge in [-0.1, -0.05) is 66.2 Å². The summed E-state index contributed by atoms with van der Waals surface area (Å²) in [6.45, 7) is 8.25. The first kappa shape index (κ1) is 38.4. The van der Waals surface area contributed by atoms with E-state index in [1.165, 1.54) is 23.3 Å². The van der Waals surface area contributed by atoms with Gasteiger partial charge in [-0.2, -0.15) is 5.10 Å². The molecule has 5 aromatic carbocycles. The molecule has 0 unspecified atom stereocenters. The Morgan fingerprint density at radius 3 is 2.33 bits per heavy atom. The van der Waals surface area contributed by atoms with Crippen molar-refractivity contribution in [2.45, 2.75) is 41.5 Å². The minimum absolute atomic E-state index is 0.120. The molecule has 1 aliphatic heterocycles. The Kier molecular flexibility index (Phi) is 11.2. The molecule has 0 aliphatic carbocycles. The number of benzene rings is 5. The van der Waals surface area contributed by atoms with Crippen LogP contribution < -0.4 is 10.2 Å². The molecule has 0 spiro atoms. The lowest BCUT2D eigenvalue weighted by Gasteiger charge is -2.36. The van der Waals surface area contributed by atoms with E-state index in [-0.39, 0.29) is 22.0 Å². The van der Waals surface area contributed by atoms with Crippen LogP contribution >= 0.6 is 23.4 Å². The van der Waals surface area contributed by atoms with Gasteiger partial charge in [0.1, 0.15) is 5.69 Å². The van der Waals surface area contributed by atoms with Crippen LogP contribution in [-0.2, 0) is 29.2 Å². The van der Waals surface area contributed by atoms with Crippen LogP contribution in [0.1, 0.15) is 25.1 Å². The zero-order valence-corrected chi connectivity index (χ0v) is 33.4. The SMILES string of the molecule is Cn1nc(CS(=O)(=O)c2ccc(NC(C)(C)CSc3ccccc3)c([N+](=O)[O-])c2)c2ccc(N3CCN(Cc4ccccc4-c4ccc(Cl)cc4)CC3)cc21. The van der Waals surface area contributed by atoms with E-state index in [1.807, 2.05) is 68.4 Å². The standard InChI is InChI=1S/C42H43ClN6O4S2/c1-42(2,29-54-34-10-5-4-6-11-34)44-38-20-18-35(26-41(38)49(50)51)55(52,53)28-39-37-19-17-33(25-40(37)46(3)45-39)48-23-21-47(22-24-48)27-31-9-7-8-12-36(31)30-13-15-32(43)16-14-30/h4-20,25-26,44H,21-24,27-29H2,1-3H3. The van der Waals surface area contributed by atoms with Gasteiger partial charge in [-0.3, -0.25) is 19.7 Å². The molecule has 1 fully saturated rings. The predicted octanol–water partition coefficient (Wildman–Crippen LogP) is 9.08. The van der Waals surface area contributed by atoms with Crippen molar-refractivity contribution in [2.24, 2.45) is 7.05 Å². The first-order valence-electron chi connectivity index (χ1n) is 18.1. The second-order valence-electron chi connectivity index (χ2n) is 14.5. The number of halogens is 1. The Bertz CT molecular complexity index is 2430. The lowest BCUT2D eigenvalue weighted by molar-refractivity contribution is -0.384. The van der Waals surface area contributed by atoms with E-state index in [1.54, 1.807) is 23.5 Å². The number of nitrogens with one attached hydrogen (secondary N) is 1. The molecule has 1 N–H and O–H groups in total. The van der Waals surface area contributed by atoms with E-state index in [0.29, 0.717) is 11.4 Å². The molecule has 1 aliphatic rings. The van der Waals surface area contributed by atoms with Crippen LogP contribution in [0.5, 0.6) is 0 Å². The van der Waals surface area contributed by atoms with Crippen LogP contribution in [0.3, 0.4) is 0 Å². The number of anilines is 2. The van der Waals surface area contributed by atoms with Crippen LogP contribution in [0, 0.1) is 10.1 Å². The third-order valence-corrected chi connectivity index (χ3v) is 13.2. The summed E-state index contributed by atoms with van der Waals surface area (Å²) in [5, 5.41) is 21.5. The third-order valence-electron chi connectivity index (χ3n) is 9.88. The van der Waals surface area contributed by atoms with Crippen molar-refractivity contribution in [2.75, 3.05) is 42.1 Å². The summed E-state index contributed by atoms with van der Waals surface area (Å²) in [5.41, 5.74) is 5.36. The summed E-state index contributed by atoms with van der Waals surface area (Å²) in [7, 11) is -2.17. The lowest BCUT2D eigenvalue weighted by Crippen LogP contribution is -2.46. The van der Waals surface area contributed by atoms with Gasteiger partial charge in [0.2, 0.25) is 0 Å². The van der Waals surface area contributed by atoms with Crippen LogP contribution in [0.4, 0.5) is 17.1 Å². The van der Waals surface area contributed by atoms with Crippen molar-refractivity contribution in [3.05, 3.63) is 142 Å². The third kappa shape index (κ3) is 8.99.